The lowest BCUT2D eigenvalue weighted by atomic mass is 10.0. The Labute approximate surface area is 432 Å². The molecule has 8 N–H and O–H groups in total. The lowest BCUT2D eigenvalue weighted by Crippen LogP contribution is -2.36. The van der Waals surface area contributed by atoms with Crippen molar-refractivity contribution < 1.29 is 76.5 Å². The number of carbonyl (C=O) groups is 2. The summed E-state index contributed by atoms with van der Waals surface area (Å²) < 4.78 is 56.6. The SMILES string of the molecule is CC/C=C\C/C=C\C/C=C\C/C=C\C[C@@H](O)[C@H](O)CCCC(=O)O[C@H](COC(=O)CCCCCCCCCCCCCCCC(C)C)COP(=O)(O)OP(=O)(O)OC[C@H]1O[C@@H](n2ccc(N)nc2=O)[C@H](O)[C@@H]1O. The van der Waals surface area contributed by atoms with E-state index < -0.39 is 95.9 Å². The van der Waals surface area contributed by atoms with E-state index >= 15 is 0 Å². The normalized spacial score (nSPS) is 20.3. The van der Waals surface area contributed by atoms with Crippen LogP contribution in [0, 0.1) is 5.92 Å². The molecule has 1 aromatic heterocycles. The van der Waals surface area contributed by atoms with Crippen molar-refractivity contribution in [3.8, 4) is 0 Å². The summed E-state index contributed by atoms with van der Waals surface area (Å²) in [7, 11) is -11.0. The van der Waals surface area contributed by atoms with Gasteiger partial charge in [-0.25, -0.2) is 13.9 Å². The van der Waals surface area contributed by atoms with Crippen molar-refractivity contribution in [3.05, 3.63) is 71.4 Å². The lowest BCUT2D eigenvalue weighted by molar-refractivity contribution is -0.161. The number of phosphoric ester groups is 2. The summed E-state index contributed by atoms with van der Waals surface area (Å²) in [6.07, 6.45) is 26.4. The zero-order chi connectivity index (χ0) is 53.9. The molecule has 1 aliphatic rings. The topological polar surface area (TPSA) is 306 Å². The Morgan fingerprint density at radius 2 is 1.26 bits per heavy atom. The fourth-order valence-corrected chi connectivity index (χ4v) is 9.75. The Hall–Kier alpha value is -3.36. The molecule has 1 aliphatic heterocycles. The van der Waals surface area contributed by atoms with Crippen LogP contribution in [0.4, 0.5) is 5.82 Å². The van der Waals surface area contributed by atoms with Crippen LogP contribution in [0.1, 0.15) is 175 Å². The highest BCUT2D eigenvalue weighted by Crippen LogP contribution is 2.60. The first-order chi connectivity index (χ1) is 34.8. The summed E-state index contributed by atoms with van der Waals surface area (Å²) in [6.45, 7) is 4.07. The van der Waals surface area contributed by atoms with Gasteiger partial charge in [-0.1, -0.05) is 153 Å². The molecule has 2 unspecified atom stereocenters. The monoisotopic (exact) mass is 1080 g/mol. The summed E-state index contributed by atoms with van der Waals surface area (Å²) in [5.74, 6) is -0.823. The third-order valence-electron chi connectivity index (χ3n) is 11.8. The molecule has 0 spiro atoms. The van der Waals surface area contributed by atoms with Crippen LogP contribution in [-0.4, -0.2) is 108 Å². The number of phosphoric acid groups is 2. The van der Waals surface area contributed by atoms with E-state index in [4.69, 9.17) is 29.0 Å². The van der Waals surface area contributed by atoms with Crippen molar-refractivity contribution in [2.45, 2.75) is 211 Å². The van der Waals surface area contributed by atoms with E-state index in [0.29, 0.717) is 12.8 Å². The number of aromatic nitrogens is 2. The first-order valence-corrected chi connectivity index (χ1v) is 29.2. The van der Waals surface area contributed by atoms with Gasteiger partial charge in [-0.2, -0.15) is 9.29 Å². The first kappa shape index (κ1) is 65.8. The van der Waals surface area contributed by atoms with E-state index in [1.807, 2.05) is 18.2 Å². The molecule has 0 aliphatic carbocycles. The third-order valence-corrected chi connectivity index (χ3v) is 14.4. The second-order valence-electron chi connectivity index (χ2n) is 18.8. The second-order valence-corrected chi connectivity index (χ2v) is 21.8. The van der Waals surface area contributed by atoms with E-state index in [-0.39, 0.29) is 37.9 Å². The van der Waals surface area contributed by atoms with Gasteiger partial charge in [0.05, 0.1) is 25.4 Å². The largest absolute Gasteiger partial charge is 0.481 e. The molecule has 0 bridgehead atoms. The van der Waals surface area contributed by atoms with Crippen LogP contribution < -0.4 is 11.4 Å². The molecule has 22 heteroatoms. The van der Waals surface area contributed by atoms with Crippen molar-refractivity contribution in [2.24, 2.45) is 5.92 Å². The van der Waals surface area contributed by atoms with E-state index in [0.717, 1.165) is 61.6 Å². The summed E-state index contributed by atoms with van der Waals surface area (Å²) >= 11 is 0. The fraction of sp³-hybridized carbons (Fsp3) is 0.725. The molecule has 2 heterocycles. The number of unbranched alkanes of at least 4 members (excludes halogenated alkanes) is 12. The molecule has 1 aromatic rings. The van der Waals surface area contributed by atoms with E-state index in [9.17, 15) is 53.7 Å². The molecule has 0 radical (unpaired) electrons. The molecule has 73 heavy (non-hydrogen) atoms. The molecule has 1 saturated heterocycles. The van der Waals surface area contributed by atoms with Gasteiger partial charge in [-0.05, 0) is 63.4 Å². The van der Waals surface area contributed by atoms with Crippen LogP contribution >= 0.6 is 15.6 Å². The number of aliphatic hydroxyl groups excluding tert-OH is 4. The number of rotatable bonds is 42. The average Bonchev–Trinajstić information content (AvgIpc) is 3.61. The number of esters is 2. The number of ether oxygens (including phenoxy) is 3. The minimum Gasteiger partial charge on any atom is -0.462 e. The van der Waals surface area contributed by atoms with Crippen LogP contribution in [0.3, 0.4) is 0 Å². The number of aliphatic hydroxyl groups is 4. The van der Waals surface area contributed by atoms with Crippen LogP contribution in [-0.2, 0) is 46.3 Å². The Morgan fingerprint density at radius 3 is 1.84 bits per heavy atom. The number of hydrogen-bond donors (Lipinski definition) is 7. The zero-order valence-corrected chi connectivity index (χ0v) is 45.1. The number of nitrogens with zero attached hydrogens (tertiary/aromatic N) is 2. The van der Waals surface area contributed by atoms with Gasteiger partial charge in [0.2, 0.25) is 0 Å². The predicted molar refractivity (Wildman–Crippen MR) is 278 cm³/mol. The summed E-state index contributed by atoms with van der Waals surface area (Å²) in [4.78, 5) is 62.0. The van der Waals surface area contributed by atoms with Crippen LogP contribution in [0.15, 0.2) is 65.7 Å². The van der Waals surface area contributed by atoms with Gasteiger partial charge < -0.3 is 50.2 Å². The maximum atomic E-state index is 12.9. The summed E-state index contributed by atoms with van der Waals surface area (Å²) in [5.41, 5.74) is 4.56. The molecule has 1 fully saturated rings. The minimum atomic E-state index is -5.50. The van der Waals surface area contributed by atoms with Gasteiger partial charge in [0.25, 0.3) is 0 Å². The number of nitrogen functional groups attached to an aromatic ring is 1. The highest BCUT2D eigenvalue weighted by molar-refractivity contribution is 7.61. The van der Waals surface area contributed by atoms with Gasteiger partial charge in [-0.15, -0.1) is 0 Å². The summed E-state index contributed by atoms with van der Waals surface area (Å²) in [5, 5.41) is 41.9. The van der Waals surface area contributed by atoms with Gasteiger partial charge >= 0.3 is 33.3 Å². The Morgan fingerprint density at radius 1 is 0.726 bits per heavy atom. The number of hydrogen-bond acceptors (Lipinski definition) is 17. The van der Waals surface area contributed by atoms with Crippen molar-refractivity contribution in [1.82, 2.24) is 9.55 Å². The van der Waals surface area contributed by atoms with Crippen molar-refractivity contribution >= 4 is 33.4 Å². The van der Waals surface area contributed by atoms with E-state index in [1.54, 1.807) is 6.08 Å². The van der Waals surface area contributed by atoms with Gasteiger partial charge in [0, 0.05) is 19.0 Å². The number of nitrogens with two attached hydrogens (primary N) is 1. The molecule has 20 nitrogen and oxygen atoms in total. The lowest BCUT2D eigenvalue weighted by Gasteiger charge is -2.22. The van der Waals surface area contributed by atoms with E-state index in [2.05, 4.69) is 54.4 Å². The highest BCUT2D eigenvalue weighted by Gasteiger charge is 2.46. The second kappa shape index (κ2) is 38.2. The van der Waals surface area contributed by atoms with Gasteiger partial charge in [0.1, 0.15) is 30.7 Å². The van der Waals surface area contributed by atoms with Crippen LogP contribution in [0.5, 0.6) is 0 Å². The van der Waals surface area contributed by atoms with E-state index in [1.165, 1.54) is 63.9 Å². The fourth-order valence-electron chi connectivity index (χ4n) is 7.64. The summed E-state index contributed by atoms with van der Waals surface area (Å²) in [6, 6.07) is 1.23. The maximum Gasteiger partial charge on any atom is 0.481 e. The molecule has 0 saturated carbocycles. The Bertz CT molecular complexity index is 1960. The number of anilines is 1. The first-order valence-electron chi connectivity index (χ1n) is 26.2. The number of allylic oxidation sites excluding steroid dienone is 7. The van der Waals surface area contributed by atoms with Crippen LogP contribution in [0.25, 0.3) is 0 Å². The standard InChI is InChI=1S/C51H87N3O17P2/c1-4-5-6-7-8-9-10-15-18-21-24-27-31-42(55)43(56)32-29-34-47(58)69-41(37-66-46(57)33-28-25-22-19-16-13-11-12-14-17-20-23-26-30-40(2)3)38-67-72(62,63)71-73(64,65)68-39-44-48(59)49(60)50(70-44)54-36-35-45(52)53-51(54)61/h5-6,8-9,15,18,24,27,35-36,40-44,48-50,55-56,59-60H,4,7,10-14,16-17,19-23,25-26,28-34,37-39H2,1-3H3,(H,62,63)(H,64,65)(H2,52,53,61)/b6-5-,9-8-,18-15-,27-24-/t41-,42-,43-,44-,48-,49-,50-/m1/s1. The van der Waals surface area contributed by atoms with Crippen molar-refractivity contribution in [1.29, 1.82) is 0 Å². The average molecular weight is 1080 g/mol. The molecule has 0 aromatic carbocycles. The minimum absolute atomic E-state index is 0.0316. The van der Waals surface area contributed by atoms with Gasteiger partial charge in [0.15, 0.2) is 12.3 Å². The zero-order valence-electron chi connectivity index (χ0n) is 43.3. The Balaban J connectivity index is 1.86. The maximum absolute atomic E-state index is 12.9. The van der Waals surface area contributed by atoms with Crippen molar-refractivity contribution in [2.75, 3.05) is 25.6 Å². The predicted octanol–water partition coefficient (Wildman–Crippen LogP) is 8.75. The molecule has 0 amide bonds. The molecule has 9 atom stereocenters. The third kappa shape index (κ3) is 31.3. The molecule has 2 rings (SSSR count). The molecular weight excluding hydrogens is 989 g/mol. The molecule has 418 valence electrons. The molecular formula is C51H87N3O17P2. The highest BCUT2D eigenvalue weighted by atomic mass is 31.3. The van der Waals surface area contributed by atoms with Crippen LogP contribution in [0.2, 0.25) is 0 Å². The van der Waals surface area contributed by atoms with Gasteiger partial charge in [-0.3, -0.25) is 23.2 Å². The smallest absolute Gasteiger partial charge is 0.462 e. The van der Waals surface area contributed by atoms with Crippen molar-refractivity contribution in [3.63, 3.8) is 0 Å². The quantitative estimate of drug-likeness (QED) is 0.0139. The number of carbonyl (C=O) groups excluding carboxylic acids is 2. The Kier molecular flexibility index (Phi) is 34.4.